The van der Waals surface area contributed by atoms with Gasteiger partial charge in [-0.25, -0.2) is 0 Å². The predicted octanol–water partition coefficient (Wildman–Crippen LogP) is 3.13. The highest BCUT2D eigenvalue weighted by molar-refractivity contribution is 7.15. The van der Waals surface area contributed by atoms with Gasteiger partial charge in [-0.2, -0.15) is 0 Å². The van der Waals surface area contributed by atoms with Crippen LogP contribution in [0.1, 0.15) is 32.9 Å². The summed E-state index contributed by atoms with van der Waals surface area (Å²) in [5.41, 5.74) is 3.57. The Kier molecular flexibility index (Phi) is 7.40. The Morgan fingerprint density at radius 1 is 1.14 bits per heavy atom. The van der Waals surface area contributed by atoms with Crippen molar-refractivity contribution in [2.75, 3.05) is 30.4 Å². The van der Waals surface area contributed by atoms with Crippen molar-refractivity contribution in [2.24, 2.45) is 5.92 Å². The largest absolute Gasteiger partial charge is 0.497 e. The van der Waals surface area contributed by atoms with Crippen molar-refractivity contribution in [1.82, 2.24) is 15.5 Å². The number of hydrogen-bond acceptors (Lipinski definition) is 7. The molecule has 0 saturated carbocycles. The maximum absolute atomic E-state index is 12.8. The van der Waals surface area contributed by atoms with Crippen molar-refractivity contribution in [3.8, 4) is 5.75 Å². The van der Waals surface area contributed by atoms with Crippen LogP contribution >= 0.6 is 11.3 Å². The van der Waals surface area contributed by atoms with E-state index in [1.54, 1.807) is 36.3 Å². The molecule has 2 heterocycles. The lowest BCUT2D eigenvalue weighted by Crippen LogP contribution is -2.28. The van der Waals surface area contributed by atoms with Gasteiger partial charge in [-0.1, -0.05) is 23.5 Å². The summed E-state index contributed by atoms with van der Waals surface area (Å²) in [6, 6.07) is 12.8. The third kappa shape index (κ3) is 5.83. The zero-order valence-corrected chi connectivity index (χ0v) is 20.6. The molecule has 0 radical (unpaired) electrons. The molecule has 182 valence electrons. The number of carbonyl (C=O) groups is 3. The van der Waals surface area contributed by atoms with Gasteiger partial charge in [-0.05, 0) is 55.3 Å². The number of nitrogens with zero attached hydrogens (tertiary/aromatic N) is 3. The number of nitrogens with one attached hydrogen (secondary N) is 2. The molecule has 3 aromatic rings. The predicted molar refractivity (Wildman–Crippen MR) is 134 cm³/mol. The molecule has 1 unspecified atom stereocenters. The summed E-state index contributed by atoms with van der Waals surface area (Å²) >= 11 is 1.25. The first-order valence-corrected chi connectivity index (χ1v) is 12.1. The van der Waals surface area contributed by atoms with E-state index in [0.29, 0.717) is 41.0 Å². The zero-order valence-electron chi connectivity index (χ0n) is 19.8. The second-order valence-corrected chi connectivity index (χ2v) is 9.46. The molecule has 1 fully saturated rings. The lowest BCUT2D eigenvalue weighted by Gasteiger charge is -2.17. The van der Waals surface area contributed by atoms with Gasteiger partial charge in [0.05, 0.1) is 13.0 Å². The van der Waals surface area contributed by atoms with Crippen LogP contribution in [0.5, 0.6) is 5.75 Å². The van der Waals surface area contributed by atoms with Gasteiger partial charge in [0.1, 0.15) is 10.8 Å². The minimum absolute atomic E-state index is 0.0712. The molecule has 0 spiro atoms. The molecule has 1 saturated heterocycles. The van der Waals surface area contributed by atoms with Gasteiger partial charge in [0, 0.05) is 37.2 Å². The Balaban J connectivity index is 1.27. The molecule has 1 aliphatic rings. The molecule has 2 aromatic carbocycles. The summed E-state index contributed by atoms with van der Waals surface area (Å²) in [4.78, 5) is 39.3. The van der Waals surface area contributed by atoms with Crippen molar-refractivity contribution in [3.05, 3.63) is 64.2 Å². The van der Waals surface area contributed by atoms with E-state index in [9.17, 15) is 14.4 Å². The fraction of sp³-hybridized carbons (Fsp3) is 0.320. The fourth-order valence-electron chi connectivity index (χ4n) is 3.79. The highest BCUT2D eigenvalue weighted by Crippen LogP contribution is 2.28. The molecule has 4 rings (SSSR count). The maximum atomic E-state index is 12.8. The smallest absolute Gasteiger partial charge is 0.251 e. The normalized spacial score (nSPS) is 15.2. The van der Waals surface area contributed by atoms with E-state index >= 15 is 0 Å². The molecule has 1 atom stereocenters. The van der Waals surface area contributed by atoms with Crippen LogP contribution in [0.4, 0.5) is 10.8 Å². The summed E-state index contributed by atoms with van der Waals surface area (Å²) < 4.78 is 5.14. The van der Waals surface area contributed by atoms with Crippen LogP contribution in [-0.2, 0) is 16.0 Å². The van der Waals surface area contributed by atoms with E-state index in [2.05, 4.69) is 20.8 Å². The molecule has 35 heavy (non-hydrogen) atoms. The van der Waals surface area contributed by atoms with Crippen LogP contribution in [0.25, 0.3) is 0 Å². The van der Waals surface area contributed by atoms with Crippen LogP contribution < -0.4 is 20.3 Å². The van der Waals surface area contributed by atoms with E-state index in [1.807, 2.05) is 32.0 Å². The van der Waals surface area contributed by atoms with Gasteiger partial charge in [-0.3, -0.25) is 14.4 Å². The molecular formula is C25H27N5O4S. The van der Waals surface area contributed by atoms with Crippen molar-refractivity contribution in [1.29, 1.82) is 0 Å². The third-order valence-electron chi connectivity index (χ3n) is 5.95. The van der Waals surface area contributed by atoms with Gasteiger partial charge >= 0.3 is 0 Å². The average Bonchev–Trinajstić information content (AvgIpc) is 3.47. The molecule has 2 N–H and O–H groups in total. The molecule has 1 aromatic heterocycles. The minimum Gasteiger partial charge on any atom is -0.497 e. The maximum Gasteiger partial charge on any atom is 0.251 e. The van der Waals surface area contributed by atoms with Crippen molar-refractivity contribution < 1.29 is 19.1 Å². The monoisotopic (exact) mass is 493 g/mol. The van der Waals surface area contributed by atoms with Gasteiger partial charge in [0.15, 0.2) is 0 Å². The standard InChI is InChI=1S/C25H27N5O4S/c1-15-7-8-19(11-16(15)2)30-14-18(13-22(30)31)24(33)27-25-29-28-21(35-25)9-10-26-23(32)17-5-4-6-20(12-17)34-3/h4-8,11-12,18H,9-10,13-14H2,1-3H3,(H,26,32)(H,27,29,33). The van der Waals surface area contributed by atoms with Crippen LogP contribution in [0, 0.1) is 19.8 Å². The van der Waals surface area contributed by atoms with E-state index < -0.39 is 5.92 Å². The van der Waals surface area contributed by atoms with Crippen molar-refractivity contribution >= 4 is 39.9 Å². The summed E-state index contributed by atoms with van der Waals surface area (Å²) in [6.07, 6.45) is 0.631. The van der Waals surface area contributed by atoms with Gasteiger partial charge in [-0.15, -0.1) is 10.2 Å². The third-order valence-corrected chi connectivity index (χ3v) is 6.85. The van der Waals surface area contributed by atoms with Crippen LogP contribution in [-0.4, -0.2) is 48.1 Å². The molecule has 0 aliphatic carbocycles. The van der Waals surface area contributed by atoms with Gasteiger partial charge < -0.3 is 20.3 Å². The first kappa shape index (κ1) is 24.3. The van der Waals surface area contributed by atoms with Crippen LogP contribution in [0.2, 0.25) is 0 Å². The first-order valence-electron chi connectivity index (χ1n) is 11.3. The van der Waals surface area contributed by atoms with Crippen LogP contribution in [0.15, 0.2) is 42.5 Å². The zero-order chi connectivity index (χ0) is 24.9. The van der Waals surface area contributed by atoms with E-state index in [-0.39, 0.29) is 24.1 Å². The minimum atomic E-state index is -0.460. The number of hydrogen-bond donors (Lipinski definition) is 2. The second-order valence-electron chi connectivity index (χ2n) is 8.40. The molecule has 3 amide bonds. The Morgan fingerprint density at radius 2 is 1.97 bits per heavy atom. The Bertz CT molecular complexity index is 1260. The highest BCUT2D eigenvalue weighted by atomic mass is 32.1. The number of ether oxygens (including phenoxy) is 1. The Hall–Kier alpha value is -3.79. The van der Waals surface area contributed by atoms with E-state index in [0.717, 1.165) is 16.8 Å². The number of amides is 3. The van der Waals surface area contributed by atoms with E-state index in [1.165, 1.54) is 11.3 Å². The summed E-state index contributed by atoms with van der Waals surface area (Å²) in [5.74, 6) is -0.375. The van der Waals surface area contributed by atoms with Gasteiger partial charge in [0.2, 0.25) is 16.9 Å². The highest BCUT2D eigenvalue weighted by Gasteiger charge is 2.35. The summed E-state index contributed by atoms with van der Waals surface area (Å²) in [6.45, 7) is 4.72. The molecule has 9 nitrogen and oxygen atoms in total. The van der Waals surface area contributed by atoms with Gasteiger partial charge in [0.25, 0.3) is 5.91 Å². The lowest BCUT2D eigenvalue weighted by atomic mass is 10.1. The van der Waals surface area contributed by atoms with Crippen molar-refractivity contribution in [2.45, 2.75) is 26.7 Å². The van der Waals surface area contributed by atoms with Crippen molar-refractivity contribution in [3.63, 3.8) is 0 Å². The molecular weight excluding hydrogens is 466 g/mol. The lowest BCUT2D eigenvalue weighted by molar-refractivity contribution is -0.122. The second kappa shape index (κ2) is 10.6. The molecule has 0 bridgehead atoms. The summed E-state index contributed by atoms with van der Waals surface area (Å²) in [7, 11) is 1.55. The first-order chi connectivity index (χ1) is 16.8. The topological polar surface area (TPSA) is 114 Å². The quantitative estimate of drug-likeness (QED) is 0.499. The number of benzene rings is 2. The number of carbonyl (C=O) groups excluding carboxylic acids is 3. The number of aromatic nitrogens is 2. The molecule has 1 aliphatic heterocycles. The Morgan fingerprint density at radius 3 is 2.74 bits per heavy atom. The van der Waals surface area contributed by atoms with Crippen LogP contribution in [0.3, 0.4) is 0 Å². The molecule has 10 heteroatoms. The SMILES string of the molecule is COc1cccc(C(=O)NCCc2nnc(NC(=O)C3CC(=O)N(c4ccc(C)c(C)c4)C3)s2)c1. The number of methoxy groups -OCH3 is 1. The number of aryl methyl sites for hydroxylation is 2. The Labute approximate surface area is 207 Å². The average molecular weight is 494 g/mol. The number of rotatable bonds is 8. The summed E-state index contributed by atoms with van der Waals surface area (Å²) in [5, 5.41) is 14.8. The fourth-order valence-corrected chi connectivity index (χ4v) is 4.53. The number of anilines is 2. The van der Waals surface area contributed by atoms with E-state index in [4.69, 9.17) is 4.74 Å².